The molecule has 1 aliphatic carbocycles. The summed E-state index contributed by atoms with van der Waals surface area (Å²) in [7, 11) is 1.78. The minimum Gasteiger partial charge on any atom is -0.391 e. The molecule has 1 fully saturated rings. The van der Waals surface area contributed by atoms with Crippen LogP contribution in [0.5, 0.6) is 0 Å². The summed E-state index contributed by atoms with van der Waals surface area (Å²) >= 11 is 1.52. The first-order chi connectivity index (χ1) is 10.1. The molecule has 0 bridgehead atoms. The van der Waals surface area contributed by atoms with E-state index in [-0.39, 0.29) is 17.8 Å². The number of thioether (sulfide) groups is 1. The Kier molecular flexibility index (Phi) is 6.06. The smallest absolute Gasteiger partial charge is 0.232 e. The molecule has 1 amide bonds. The Morgan fingerprint density at radius 1 is 1.33 bits per heavy atom. The van der Waals surface area contributed by atoms with Crippen molar-refractivity contribution in [3.63, 3.8) is 0 Å². The third-order valence-corrected chi connectivity index (χ3v) is 4.98. The lowest BCUT2D eigenvalue weighted by molar-refractivity contribution is -0.132. The number of halogens is 1. The predicted octanol–water partition coefficient (Wildman–Crippen LogP) is 2.82. The number of nitrogens with zero attached hydrogens (tertiary/aromatic N) is 1. The fourth-order valence-corrected chi connectivity index (χ4v) is 3.58. The van der Waals surface area contributed by atoms with E-state index in [1.165, 1.54) is 23.9 Å². The number of benzene rings is 1. The maximum absolute atomic E-state index is 12.8. The number of carbonyl (C=O) groups is 1. The van der Waals surface area contributed by atoms with Crippen LogP contribution in [0.15, 0.2) is 24.3 Å². The Morgan fingerprint density at radius 3 is 2.67 bits per heavy atom. The molecule has 1 aliphatic rings. The van der Waals surface area contributed by atoms with Gasteiger partial charge in [-0.3, -0.25) is 4.79 Å². The van der Waals surface area contributed by atoms with E-state index in [0.29, 0.717) is 11.5 Å². The highest BCUT2D eigenvalue weighted by Gasteiger charge is 2.28. The molecular formula is C16H22FNO2S. The van der Waals surface area contributed by atoms with Crippen molar-refractivity contribution in [3.8, 4) is 0 Å². The number of aliphatic hydroxyl groups excluding tert-OH is 1. The first-order valence-electron chi connectivity index (χ1n) is 7.34. The van der Waals surface area contributed by atoms with Gasteiger partial charge in [0.15, 0.2) is 0 Å². The normalized spacial score (nSPS) is 22.0. The highest BCUT2D eigenvalue weighted by atomic mass is 32.2. The lowest BCUT2D eigenvalue weighted by atomic mass is 9.91. The Bertz CT molecular complexity index is 466. The molecule has 0 radical (unpaired) electrons. The monoisotopic (exact) mass is 311 g/mol. The number of amides is 1. The molecule has 2 atom stereocenters. The van der Waals surface area contributed by atoms with E-state index in [1.54, 1.807) is 24.1 Å². The zero-order valence-corrected chi connectivity index (χ0v) is 13.1. The maximum atomic E-state index is 12.8. The lowest BCUT2D eigenvalue weighted by Crippen LogP contribution is -2.46. The van der Waals surface area contributed by atoms with Gasteiger partial charge in [0, 0.05) is 12.8 Å². The minimum absolute atomic E-state index is 0.0438. The second-order valence-corrected chi connectivity index (χ2v) is 6.53. The first kappa shape index (κ1) is 16.3. The van der Waals surface area contributed by atoms with Crippen LogP contribution in [0, 0.1) is 5.82 Å². The number of rotatable bonds is 5. The minimum atomic E-state index is -0.394. The van der Waals surface area contributed by atoms with E-state index in [1.807, 2.05) is 0 Å². The van der Waals surface area contributed by atoms with Crippen LogP contribution in [0.1, 0.15) is 31.2 Å². The van der Waals surface area contributed by atoms with Crippen LogP contribution in [0.3, 0.4) is 0 Å². The molecule has 0 aromatic heterocycles. The topological polar surface area (TPSA) is 40.5 Å². The van der Waals surface area contributed by atoms with Crippen molar-refractivity contribution < 1.29 is 14.3 Å². The Balaban J connectivity index is 1.77. The van der Waals surface area contributed by atoms with Crippen LogP contribution in [-0.4, -0.2) is 40.9 Å². The summed E-state index contributed by atoms with van der Waals surface area (Å²) in [6.45, 7) is 0. The van der Waals surface area contributed by atoms with Crippen molar-refractivity contribution >= 4 is 17.7 Å². The Morgan fingerprint density at radius 2 is 2.00 bits per heavy atom. The van der Waals surface area contributed by atoms with Crippen molar-refractivity contribution in [1.29, 1.82) is 0 Å². The Labute approximate surface area is 129 Å². The molecule has 5 heteroatoms. The number of hydrogen-bond donors (Lipinski definition) is 1. The summed E-state index contributed by atoms with van der Waals surface area (Å²) in [6.07, 6.45) is 3.38. The van der Waals surface area contributed by atoms with Crippen LogP contribution in [0.25, 0.3) is 0 Å². The van der Waals surface area contributed by atoms with E-state index in [2.05, 4.69) is 0 Å². The van der Waals surface area contributed by atoms with Crippen molar-refractivity contribution in [2.75, 3.05) is 12.8 Å². The van der Waals surface area contributed by atoms with Crippen LogP contribution in [-0.2, 0) is 10.5 Å². The molecule has 1 N–H and O–H groups in total. The van der Waals surface area contributed by atoms with Gasteiger partial charge in [-0.05, 0) is 30.5 Å². The van der Waals surface area contributed by atoms with Gasteiger partial charge in [0.2, 0.25) is 5.91 Å². The SMILES string of the molecule is CN(C(=O)CSCc1ccc(F)cc1)C1CCCCC1O. The van der Waals surface area contributed by atoms with Crippen LogP contribution >= 0.6 is 11.8 Å². The van der Waals surface area contributed by atoms with Crippen LogP contribution in [0.4, 0.5) is 4.39 Å². The highest BCUT2D eigenvalue weighted by molar-refractivity contribution is 7.99. The van der Waals surface area contributed by atoms with E-state index in [9.17, 15) is 14.3 Å². The largest absolute Gasteiger partial charge is 0.391 e. The van der Waals surface area contributed by atoms with Gasteiger partial charge in [-0.1, -0.05) is 25.0 Å². The summed E-state index contributed by atoms with van der Waals surface area (Å²) in [5.41, 5.74) is 1.01. The first-order valence-corrected chi connectivity index (χ1v) is 8.49. The molecule has 1 aromatic carbocycles. The number of carbonyl (C=O) groups excluding carboxylic acids is 1. The summed E-state index contributed by atoms with van der Waals surface area (Å²) < 4.78 is 12.8. The van der Waals surface area contributed by atoms with Gasteiger partial charge in [0.1, 0.15) is 5.82 Å². The summed E-state index contributed by atoms with van der Waals surface area (Å²) in [4.78, 5) is 13.9. The molecule has 2 rings (SSSR count). The molecular weight excluding hydrogens is 289 g/mol. The molecule has 2 unspecified atom stereocenters. The summed E-state index contributed by atoms with van der Waals surface area (Å²) in [6, 6.07) is 6.30. The van der Waals surface area contributed by atoms with E-state index >= 15 is 0 Å². The standard InChI is InChI=1S/C16H22FNO2S/c1-18(14-4-2-3-5-15(14)19)16(20)11-21-10-12-6-8-13(17)9-7-12/h6-9,14-15,19H,2-5,10-11H2,1H3. The van der Waals surface area contributed by atoms with Gasteiger partial charge < -0.3 is 10.0 Å². The highest BCUT2D eigenvalue weighted by Crippen LogP contribution is 2.23. The predicted molar refractivity (Wildman–Crippen MR) is 83.6 cm³/mol. The van der Waals surface area contributed by atoms with Crippen molar-refractivity contribution in [2.24, 2.45) is 0 Å². The van der Waals surface area contributed by atoms with Gasteiger partial charge >= 0.3 is 0 Å². The molecule has 1 saturated carbocycles. The second kappa shape index (κ2) is 7.80. The molecule has 0 saturated heterocycles. The summed E-state index contributed by atoms with van der Waals surface area (Å²) in [5, 5.41) is 9.98. The summed E-state index contributed by atoms with van der Waals surface area (Å²) in [5.74, 6) is 0.878. The average Bonchev–Trinajstić information content (AvgIpc) is 2.49. The molecule has 0 spiro atoms. The third-order valence-electron chi connectivity index (χ3n) is 3.99. The van der Waals surface area contributed by atoms with Gasteiger partial charge in [-0.15, -0.1) is 11.8 Å². The van der Waals surface area contributed by atoms with E-state index in [0.717, 1.165) is 31.2 Å². The third kappa shape index (κ3) is 4.71. The fourth-order valence-electron chi connectivity index (χ4n) is 2.67. The van der Waals surface area contributed by atoms with Crippen molar-refractivity contribution in [3.05, 3.63) is 35.6 Å². The average molecular weight is 311 g/mol. The molecule has 0 aliphatic heterocycles. The molecule has 116 valence electrons. The van der Waals surface area contributed by atoms with Gasteiger partial charge in [-0.2, -0.15) is 0 Å². The van der Waals surface area contributed by atoms with Crippen LogP contribution < -0.4 is 0 Å². The number of likely N-dealkylation sites (N-methyl/N-ethyl adjacent to an activating group) is 1. The fraction of sp³-hybridized carbons (Fsp3) is 0.562. The second-order valence-electron chi connectivity index (χ2n) is 5.54. The van der Waals surface area contributed by atoms with Crippen molar-refractivity contribution in [1.82, 2.24) is 4.90 Å². The quantitative estimate of drug-likeness (QED) is 0.909. The number of hydrogen-bond acceptors (Lipinski definition) is 3. The molecule has 3 nitrogen and oxygen atoms in total. The molecule has 0 heterocycles. The van der Waals surface area contributed by atoms with E-state index < -0.39 is 6.10 Å². The Hall–Kier alpha value is -1.07. The zero-order valence-electron chi connectivity index (χ0n) is 12.3. The number of aliphatic hydroxyl groups is 1. The maximum Gasteiger partial charge on any atom is 0.232 e. The molecule has 21 heavy (non-hydrogen) atoms. The molecule has 1 aromatic rings. The van der Waals surface area contributed by atoms with Crippen LogP contribution in [0.2, 0.25) is 0 Å². The zero-order chi connectivity index (χ0) is 15.2. The van der Waals surface area contributed by atoms with Gasteiger partial charge in [0.25, 0.3) is 0 Å². The lowest BCUT2D eigenvalue weighted by Gasteiger charge is -2.35. The van der Waals surface area contributed by atoms with Gasteiger partial charge in [0.05, 0.1) is 17.9 Å². The van der Waals surface area contributed by atoms with Crippen molar-refractivity contribution in [2.45, 2.75) is 43.6 Å². The van der Waals surface area contributed by atoms with Gasteiger partial charge in [-0.25, -0.2) is 4.39 Å². The van der Waals surface area contributed by atoms with E-state index in [4.69, 9.17) is 0 Å².